The number of carbonyl (C=O) groups excluding carboxylic acids is 2. The second-order valence-corrected chi connectivity index (χ2v) is 9.18. The van der Waals surface area contributed by atoms with E-state index in [9.17, 15) is 19.7 Å². The van der Waals surface area contributed by atoms with Crippen LogP contribution in [0.2, 0.25) is 0 Å². The second kappa shape index (κ2) is 10.3. The van der Waals surface area contributed by atoms with Crippen molar-refractivity contribution in [2.45, 2.75) is 25.2 Å². The van der Waals surface area contributed by atoms with Crippen LogP contribution in [0.15, 0.2) is 78.9 Å². The minimum absolute atomic E-state index is 0.0513. The minimum atomic E-state index is -0.695. The van der Waals surface area contributed by atoms with Gasteiger partial charge in [0.1, 0.15) is 12.7 Å². The lowest BCUT2D eigenvalue weighted by Crippen LogP contribution is -2.44. The normalized spacial score (nSPS) is 20.2. The number of likely N-dealkylation sites (tertiary alicyclic amines) is 1. The lowest BCUT2D eigenvalue weighted by molar-refractivity contribution is -0.384. The van der Waals surface area contributed by atoms with Crippen molar-refractivity contribution in [1.29, 1.82) is 10.8 Å². The van der Waals surface area contributed by atoms with Gasteiger partial charge in [-0.3, -0.25) is 10.1 Å². The Bertz CT molecular complexity index is 1390. The zero-order valence-corrected chi connectivity index (χ0v) is 20.2. The number of non-ortho nitro benzene ring substituents is 1. The summed E-state index contributed by atoms with van der Waals surface area (Å²) in [6.45, 7) is -0.0654. The van der Waals surface area contributed by atoms with Crippen LogP contribution in [0.1, 0.15) is 33.5 Å². The quantitative estimate of drug-likeness (QED) is 0.280. The van der Waals surface area contributed by atoms with Gasteiger partial charge in [-0.1, -0.05) is 42.5 Å². The van der Waals surface area contributed by atoms with E-state index in [-0.39, 0.29) is 36.7 Å². The first-order valence-electron chi connectivity index (χ1n) is 12.0. The smallest absolute Gasteiger partial charge is 0.410 e. The van der Waals surface area contributed by atoms with Gasteiger partial charge < -0.3 is 25.2 Å². The fourth-order valence-corrected chi connectivity index (χ4v) is 4.99. The van der Waals surface area contributed by atoms with Gasteiger partial charge in [-0.25, -0.2) is 9.59 Å². The second-order valence-electron chi connectivity index (χ2n) is 9.18. The van der Waals surface area contributed by atoms with E-state index in [1.807, 2.05) is 0 Å². The maximum atomic E-state index is 13.3. The number of esters is 1. The summed E-state index contributed by atoms with van der Waals surface area (Å²) in [4.78, 5) is 37.8. The Morgan fingerprint density at radius 3 is 2.13 bits per heavy atom. The first-order chi connectivity index (χ1) is 18.3. The maximum absolute atomic E-state index is 13.3. The predicted molar refractivity (Wildman–Crippen MR) is 138 cm³/mol. The third-order valence-electron chi connectivity index (χ3n) is 6.85. The van der Waals surface area contributed by atoms with Crippen molar-refractivity contribution in [3.8, 4) is 0 Å². The van der Waals surface area contributed by atoms with Gasteiger partial charge in [0.2, 0.25) is 0 Å². The lowest BCUT2D eigenvalue weighted by Gasteiger charge is -2.28. The van der Waals surface area contributed by atoms with E-state index in [4.69, 9.17) is 20.3 Å². The lowest BCUT2D eigenvalue weighted by atomic mass is 9.91. The highest BCUT2D eigenvalue weighted by molar-refractivity contribution is 6.28. The van der Waals surface area contributed by atoms with Gasteiger partial charge in [0.05, 0.1) is 40.4 Å². The Balaban J connectivity index is 1.35. The molecule has 1 aliphatic carbocycles. The summed E-state index contributed by atoms with van der Waals surface area (Å²) in [5.41, 5.74) is 2.65. The van der Waals surface area contributed by atoms with Crippen molar-refractivity contribution >= 4 is 29.2 Å². The molecule has 3 aromatic rings. The molecule has 38 heavy (non-hydrogen) atoms. The fourth-order valence-electron chi connectivity index (χ4n) is 4.99. The molecule has 0 saturated carbocycles. The summed E-state index contributed by atoms with van der Waals surface area (Å²) in [6.07, 6.45) is -1.08. The fraction of sp³-hybridized carbons (Fsp3) is 0.214. The monoisotopic (exact) mass is 512 g/mol. The molecular weight excluding hydrogens is 488 g/mol. The summed E-state index contributed by atoms with van der Waals surface area (Å²) >= 11 is 0. The topological polar surface area (TPSA) is 147 Å². The van der Waals surface area contributed by atoms with Crippen molar-refractivity contribution in [3.05, 3.63) is 111 Å². The highest BCUT2D eigenvalue weighted by Gasteiger charge is 2.48. The molecular formula is C28H24N4O6. The molecule has 1 fully saturated rings. The largest absolute Gasteiger partial charge is 0.457 e. The van der Waals surface area contributed by atoms with Gasteiger partial charge >= 0.3 is 12.1 Å². The third-order valence-corrected chi connectivity index (χ3v) is 6.85. The number of fused-ring (bicyclic) bond motifs is 1. The zero-order valence-electron chi connectivity index (χ0n) is 20.2. The van der Waals surface area contributed by atoms with E-state index in [1.165, 1.54) is 29.2 Å². The summed E-state index contributed by atoms with van der Waals surface area (Å²) in [7, 11) is 0. The SMILES string of the molecule is N=C1c2ccccc2C(=N)C1C1CC(OC(=O)c2ccccc2)CN1C(=O)OCc1ccc([N+](=O)[O-])cc1. The number of hydrogen-bond acceptors (Lipinski definition) is 8. The molecule has 3 aromatic carbocycles. The van der Waals surface area contributed by atoms with Crippen molar-refractivity contribution in [2.75, 3.05) is 6.54 Å². The van der Waals surface area contributed by atoms with Crippen LogP contribution in [0.5, 0.6) is 0 Å². The van der Waals surface area contributed by atoms with Crippen LogP contribution < -0.4 is 0 Å². The first-order valence-corrected chi connectivity index (χ1v) is 12.0. The van der Waals surface area contributed by atoms with E-state index < -0.39 is 35.0 Å². The summed E-state index contributed by atoms with van der Waals surface area (Å²) in [5, 5.41) is 28.4. The van der Waals surface area contributed by atoms with Gasteiger partial charge in [0.15, 0.2) is 0 Å². The van der Waals surface area contributed by atoms with Crippen molar-refractivity contribution in [2.24, 2.45) is 5.92 Å². The van der Waals surface area contributed by atoms with Crippen LogP contribution in [0.4, 0.5) is 10.5 Å². The van der Waals surface area contributed by atoms with E-state index in [0.29, 0.717) is 22.3 Å². The molecule has 2 unspecified atom stereocenters. The molecule has 1 heterocycles. The molecule has 10 heteroatoms. The number of benzene rings is 3. The highest BCUT2D eigenvalue weighted by atomic mass is 16.6. The number of amides is 1. The van der Waals surface area contributed by atoms with Crippen LogP contribution in [0.25, 0.3) is 0 Å². The number of nitrogens with one attached hydrogen (secondary N) is 2. The number of nitro groups is 1. The molecule has 0 spiro atoms. The number of rotatable bonds is 6. The molecule has 10 nitrogen and oxygen atoms in total. The van der Waals surface area contributed by atoms with Crippen LogP contribution in [-0.2, 0) is 16.1 Å². The van der Waals surface area contributed by atoms with E-state index in [1.54, 1.807) is 54.6 Å². The zero-order chi connectivity index (χ0) is 26.8. The Kier molecular flexibility index (Phi) is 6.69. The van der Waals surface area contributed by atoms with Gasteiger partial charge in [-0.2, -0.15) is 0 Å². The average molecular weight is 513 g/mol. The number of nitro benzene ring substituents is 1. The van der Waals surface area contributed by atoms with Crippen molar-refractivity contribution in [3.63, 3.8) is 0 Å². The van der Waals surface area contributed by atoms with Crippen LogP contribution in [-0.4, -0.2) is 52.0 Å². The standard InChI is InChI=1S/C28H24N4O6/c29-25-21-8-4-5-9-22(21)26(30)24(25)23-14-20(38-27(33)18-6-2-1-3-7-18)15-31(23)28(34)37-16-17-10-12-19(13-11-17)32(35)36/h1-13,20,23-24,29-30H,14-16H2. The molecule has 2 N–H and O–H groups in total. The molecule has 1 saturated heterocycles. The number of carbonyl (C=O) groups is 2. The predicted octanol–water partition coefficient (Wildman–Crippen LogP) is 4.60. The summed E-state index contributed by atoms with van der Waals surface area (Å²) in [6, 6.07) is 20.8. The number of ether oxygens (including phenoxy) is 2. The van der Waals surface area contributed by atoms with E-state index in [0.717, 1.165) is 0 Å². The molecule has 1 amide bonds. The number of hydrogen-bond donors (Lipinski definition) is 2. The molecule has 2 atom stereocenters. The van der Waals surface area contributed by atoms with Crippen molar-refractivity contribution in [1.82, 2.24) is 4.90 Å². The molecule has 192 valence electrons. The molecule has 0 bridgehead atoms. The molecule has 1 aliphatic heterocycles. The van der Waals surface area contributed by atoms with Gasteiger partial charge in [-0.05, 0) is 29.8 Å². The van der Waals surface area contributed by atoms with Gasteiger partial charge in [-0.15, -0.1) is 0 Å². The number of nitrogens with zero attached hydrogens (tertiary/aromatic N) is 2. The molecule has 0 radical (unpaired) electrons. The Morgan fingerprint density at radius 1 is 0.921 bits per heavy atom. The van der Waals surface area contributed by atoms with Gasteiger partial charge in [0, 0.05) is 29.7 Å². The Morgan fingerprint density at radius 2 is 1.53 bits per heavy atom. The Hall–Kier alpha value is -4.86. The molecule has 5 rings (SSSR count). The van der Waals surface area contributed by atoms with Crippen LogP contribution in [0.3, 0.4) is 0 Å². The maximum Gasteiger partial charge on any atom is 0.410 e. The molecule has 0 aromatic heterocycles. The highest BCUT2D eigenvalue weighted by Crippen LogP contribution is 2.36. The molecule has 2 aliphatic rings. The van der Waals surface area contributed by atoms with E-state index >= 15 is 0 Å². The van der Waals surface area contributed by atoms with Crippen LogP contribution in [0, 0.1) is 26.9 Å². The average Bonchev–Trinajstić information content (AvgIpc) is 3.45. The van der Waals surface area contributed by atoms with E-state index in [2.05, 4.69) is 0 Å². The first kappa shape index (κ1) is 24.8. The third kappa shape index (κ3) is 4.75. The van der Waals surface area contributed by atoms with Gasteiger partial charge in [0.25, 0.3) is 5.69 Å². The van der Waals surface area contributed by atoms with Crippen molar-refractivity contribution < 1.29 is 24.0 Å². The Labute approximate surface area is 218 Å². The summed E-state index contributed by atoms with van der Waals surface area (Å²) in [5.74, 6) is -1.21. The minimum Gasteiger partial charge on any atom is -0.457 e. The van der Waals surface area contributed by atoms with Crippen LogP contribution >= 0.6 is 0 Å². The summed E-state index contributed by atoms with van der Waals surface area (Å²) < 4.78 is 11.2.